The van der Waals surface area contributed by atoms with Crippen LogP contribution < -0.4 is 15.7 Å². The SMILES string of the molecule is CCCCCCCCCCCCCCCCN(CCCCCCCCCCCCCCCC)C(=O)[C@H](CC([O-])=N/C1=C2/N/C(=C(/C)C3=N[C@@](C)([C@@H]4N=C(/C(C)=C5N=C1C(C)(C)[C@@H]\5CCC(=O)OCCC)[C@](C)(CCC(=O)OCCC)[C@H]4CC(=O)OCCC)[C@@](C)(CC(=O)OCCC)[C@@H]3CCC(=O)OCCC)[C@@](C)(CC(=O)OCCC)[C@@H]2CCC(=O)OCCC)NC(=O)CCCCCS(=O)(=O)O.[C-]#N.[C-]#N.[Co+3]. The van der Waals surface area contributed by atoms with Crippen LogP contribution in [-0.2, 0) is 103 Å². The normalized spacial score (nSPS) is 22.8. The molecule has 0 spiro atoms. The number of unbranched alkanes of at least 4 members (excludes halogenated alkanes) is 28. The topological polar surface area (TPSA) is 420 Å². The first-order chi connectivity index (χ1) is 67.0. The van der Waals surface area contributed by atoms with Crippen molar-refractivity contribution in [2.45, 2.75) is 463 Å². The van der Waals surface area contributed by atoms with Crippen LogP contribution in [0, 0.1) is 69.0 Å². The van der Waals surface area contributed by atoms with E-state index in [1.807, 2.05) is 104 Å². The van der Waals surface area contributed by atoms with E-state index in [1.165, 1.54) is 103 Å². The zero-order valence-electron chi connectivity index (χ0n) is 89.7. The van der Waals surface area contributed by atoms with Crippen LogP contribution in [0.2, 0.25) is 0 Å². The van der Waals surface area contributed by atoms with E-state index in [9.17, 15) is 36.9 Å². The molecule has 1 saturated heterocycles. The summed E-state index contributed by atoms with van der Waals surface area (Å²) in [5, 5.41) is 36.1. The standard InChI is InChI=1S/C108H183N7O20S.2CN.Co/c1-18-27-29-31-33-35-37-39-41-43-45-47-49-53-65-115(66-54-50-48-46-44-42-40-38-36-34-32-30-28-19-2)103(125)85(109-86(116)56-52-51-55-74-136(126,127)128)76-87(117)110-98-97-82(58-61-89(119)130-68-21-4)106(15,77-93(123)134-72-25-8)100(112-97)80(11)96-83(59-62-90(120)131-69-22-5)107(16,78-94(124)135-73-26-9)108(17,114-96)101-84(75-92(122)133-71-24-7)105(14,64-63-91(121)132-70-23-6)99(113-101)79(10)95-81(104(12,13)102(98)111-95)57-60-88(118)129-67-20-3;2*1-2;/h81-85,101,112H,18-78H2,1-17H3,(H,109,116)(H,110,117)(H,126,127,128);;;/q;2*-1;+3/p-1/b95-79-,98-97+,100-80-;;;/t81-,82-,83-,84+,85+,101-,105-,106+,107+,108+;;;/m1.../s1. The monoisotopic (exact) mass is 2040 g/mol. The Morgan fingerprint density at radius 2 is 0.858 bits per heavy atom. The molecule has 31 heteroatoms. The van der Waals surface area contributed by atoms with Crippen LogP contribution >= 0.6 is 0 Å². The van der Waals surface area contributed by atoms with Crippen LogP contribution in [-0.4, -0.2) is 177 Å². The molecule has 29 nitrogen and oxygen atoms in total. The van der Waals surface area contributed by atoms with E-state index < -0.39 is 145 Å². The van der Waals surface area contributed by atoms with Gasteiger partial charge in [-0.2, -0.15) is 8.42 Å². The molecule has 5 aliphatic heterocycles. The summed E-state index contributed by atoms with van der Waals surface area (Å²) in [6, 6.07) is -2.59. The minimum atomic E-state index is -4.31. The van der Waals surface area contributed by atoms with Crippen molar-refractivity contribution < 1.29 is 111 Å². The van der Waals surface area contributed by atoms with Crippen LogP contribution in [0.25, 0.3) is 0 Å². The molecule has 5 rings (SSSR count). The Morgan fingerprint density at radius 3 is 1.28 bits per heavy atom. The molecule has 8 bridgehead atoms. The summed E-state index contributed by atoms with van der Waals surface area (Å²) < 4.78 is 75.4. The van der Waals surface area contributed by atoms with Crippen LogP contribution in [0.1, 0.15) is 445 Å². The minimum Gasteiger partial charge on any atom is -0.862 e. The second-order valence-corrected chi connectivity index (χ2v) is 42.4. The fourth-order valence-corrected chi connectivity index (χ4v) is 21.6. The fraction of sp³-hybridized carbons (Fsp3) is 0.809. The quantitative estimate of drug-likeness (QED) is 0.00968. The molecule has 0 aromatic carbocycles. The number of rotatable bonds is 73. The minimum absolute atomic E-state index is 0. The number of carbonyl (C=O) groups is 9. The molecule has 0 saturated carbocycles. The van der Waals surface area contributed by atoms with Gasteiger partial charge in [0.15, 0.2) is 0 Å². The summed E-state index contributed by atoms with van der Waals surface area (Å²) in [6.45, 7) is 44.0. The predicted molar refractivity (Wildman–Crippen MR) is 548 cm³/mol. The largest absolute Gasteiger partial charge is 3.00 e. The summed E-state index contributed by atoms with van der Waals surface area (Å²) >= 11 is 0. The van der Waals surface area contributed by atoms with Crippen LogP contribution in [0.3, 0.4) is 0 Å². The van der Waals surface area contributed by atoms with Gasteiger partial charge < -0.3 is 77.5 Å². The van der Waals surface area contributed by atoms with Gasteiger partial charge in [-0.15, -0.1) is 0 Å². The number of nitrogens with one attached hydrogen (secondary N) is 2. The van der Waals surface area contributed by atoms with Gasteiger partial charge >= 0.3 is 58.6 Å². The molecular weight excluding hydrogens is 1860 g/mol. The first-order valence-corrected chi connectivity index (χ1v) is 55.6. The average Bonchev–Trinajstić information content (AvgIpc) is 1.52. The second-order valence-electron chi connectivity index (χ2n) is 40.8. The van der Waals surface area contributed by atoms with E-state index in [-0.39, 0.29) is 176 Å². The number of carbonyl (C=O) groups excluding carboxylic acids is 9. The second kappa shape index (κ2) is 70.0. The van der Waals surface area contributed by atoms with Crippen LogP contribution in [0.4, 0.5) is 0 Å². The van der Waals surface area contributed by atoms with E-state index in [2.05, 4.69) is 24.5 Å². The number of esters is 7. The summed E-state index contributed by atoms with van der Waals surface area (Å²) in [5.74, 6) is -9.82. The van der Waals surface area contributed by atoms with Gasteiger partial charge in [0.2, 0.25) is 11.8 Å². The molecule has 3 N–H and O–H groups in total. The van der Waals surface area contributed by atoms with E-state index in [1.54, 1.807) is 4.90 Å². The van der Waals surface area contributed by atoms with Gasteiger partial charge in [-0.1, -0.05) is 270 Å². The maximum atomic E-state index is 16.7. The smallest absolute Gasteiger partial charge is 0.862 e. The summed E-state index contributed by atoms with van der Waals surface area (Å²) in [7, 11) is -4.31. The maximum Gasteiger partial charge on any atom is 3.00 e. The molecule has 2 amide bonds. The van der Waals surface area contributed by atoms with Crippen molar-refractivity contribution >= 4 is 86.8 Å². The summed E-state index contributed by atoms with van der Waals surface area (Å²) in [6.07, 6.45) is 33.5. The number of aliphatic imine (C=N–C) groups is 4. The first-order valence-electron chi connectivity index (χ1n) is 54.0. The molecule has 0 aromatic rings. The molecule has 0 unspecified atom stereocenters. The Kier molecular flexibility index (Phi) is 64.2. The molecule has 141 heavy (non-hydrogen) atoms. The Hall–Kier alpha value is -7.87. The van der Waals surface area contributed by atoms with E-state index in [0.29, 0.717) is 105 Å². The molecular formula is C110H182CoN9O20S. The van der Waals surface area contributed by atoms with Crippen molar-refractivity contribution in [2.24, 2.45) is 65.3 Å². The van der Waals surface area contributed by atoms with E-state index >= 15 is 24.3 Å². The number of nitrogens with zero attached hydrogens (tertiary/aromatic N) is 7. The Morgan fingerprint density at radius 1 is 0.475 bits per heavy atom. The zero-order chi connectivity index (χ0) is 104. The number of amides is 2. The molecule has 1 fully saturated rings. The van der Waals surface area contributed by atoms with Gasteiger partial charge in [-0.05, 0) is 134 Å². The van der Waals surface area contributed by atoms with Crippen molar-refractivity contribution in [3.8, 4) is 0 Å². The summed E-state index contributed by atoms with van der Waals surface area (Å²) in [5.41, 5.74) is -4.17. The molecule has 5 aliphatic rings. The molecule has 0 radical (unpaired) electrons. The van der Waals surface area contributed by atoms with Crippen molar-refractivity contribution in [1.29, 1.82) is 10.5 Å². The Bertz CT molecular complexity index is 4170. The van der Waals surface area contributed by atoms with E-state index in [0.717, 1.165) is 64.2 Å². The van der Waals surface area contributed by atoms with Crippen molar-refractivity contribution in [2.75, 3.05) is 65.1 Å². The summed E-state index contributed by atoms with van der Waals surface area (Å²) in [4.78, 5) is 160. The van der Waals surface area contributed by atoms with Crippen molar-refractivity contribution in [3.05, 3.63) is 47.1 Å². The third kappa shape index (κ3) is 42.2. The van der Waals surface area contributed by atoms with Crippen molar-refractivity contribution in [3.63, 3.8) is 0 Å². The number of hydrogen-bond acceptors (Lipinski definition) is 26. The molecule has 802 valence electrons. The third-order valence-electron chi connectivity index (χ3n) is 29.0. The predicted octanol–water partition coefficient (Wildman–Crippen LogP) is 22.4. The molecule has 0 aromatic heterocycles. The van der Waals surface area contributed by atoms with Gasteiger partial charge in [-0.25, -0.2) is 0 Å². The Labute approximate surface area is 859 Å². The fourth-order valence-electron chi connectivity index (χ4n) is 21.0. The van der Waals surface area contributed by atoms with Gasteiger partial charge in [-0.3, -0.25) is 67.7 Å². The molecule has 5 heterocycles. The molecule has 10 atom stereocenters. The maximum absolute atomic E-state index is 16.7. The van der Waals surface area contributed by atoms with Crippen LogP contribution in [0.5, 0.6) is 0 Å². The van der Waals surface area contributed by atoms with Crippen molar-refractivity contribution in [1.82, 2.24) is 15.5 Å². The zero-order valence-corrected chi connectivity index (χ0v) is 91.5. The van der Waals surface area contributed by atoms with Gasteiger partial charge in [0.1, 0.15) is 11.7 Å². The number of ether oxygens (including phenoxy) is 7. The van der Waals surface area contributed by atoms with Gasteiger partial charge in [0, 0.05) is 125 Å². The average molecular weight is 2040 g/mol. The van der Waals surface area contributed by atoms with Gasteiger partial charge in [0.25, 0.3) is 10.1 Å². The third-order valence-corrected chi connectivity index (χ3v) is 29.8. The number of fused-ring (bicyclic) bond motifs is 6. The number of hydrogen-bond donors (Lipinski definition) is 3. The Balaban J connectivity index is 0.0000133. The first kappa shape index (κ1) is 129. The van der Waals surface area contributed by atoms with E-state index in [4.69, 9.17) is 76.8 Å². The number of allylic oxidation sites excluding steroid dienone is 6. The van der Waals surface area contributed by atoms with Crippen LogP contribution in [0.15, 0.2) is 53.9 Å². The molecule has 0 aliphatic carbocycles. The van der Waals surface area contributed by atoms with Gasteiger partial charge in [0.05, 0.1) is 88.6 Å².